The molecule has 2 fully saturated rings. The average molecular weight is 622 g/mol. The summed E-state index contributed by atoms with van der Waals surface area (Å²) in [7, 11) is 0. The predicted molar refractivity (Wildman–Crippen MR) is 111 cm³/mol. The standard InChI is InChI=1S/C22H31N2O5.Hg.H2O/c1-15-12-18-17(24(22(5,6)28-18)20(26)29-21(2,3)4)13-23(15)19(25)27-14-16-10-8-7-9-11-16;;/h7-11,15,17-18H,1,12-14H2,2-6H3;;1H2/t15-,17-,18+;;/m0../s1. The third kappa shape index (κ3) is 6.11. The van der Waals surface area contributed by atoms with Gasteiger partial charge in [0.25, 0.3) is 0 Å². The topological polar surface area (TPSA) is 99.8 Å². The van der Waals surface area contributed by atoms with Gasteiger partial charge in [0.15, 0.2) is 0 Å². The van der Waals surface area contributed by atoms with E-state index in [4.69, 9.17) is 14.2 Å². The molecule has 2 aliphatic rings. The van der Waals surface area contributed by atoms with Crippen molar-refractivity contribution in [1.29, 1.82) is 0 Å². The zero-order valence-electron chi connectivity index (χ0n) is 19.1. The van der Waals surface area contributed by atoms with Crippen molar-refractivity contribution in [3.63, 3.8) is 0 Å². The van der Waals surface area contributed by atoms with Gasteiger partial charge in [0, 0.05) is 0 Å². The number of carbonyl (C=O) groups is 2. The van der Waals surface area contributed by atoms with E-state index in [2.05, 4.69) is 0 Å². The van der Waals surface area contributed by atoms with Crippen molar-refractivity contribution in [3.05, 3.63) is 35.9 Å². The number of likely N-dealkylation sites (tertiary alicyclic amines) is 1. The Morgan fingerprint density at radius 3 is 2.42 bits per heavy atom. The number of ether oxygens (including phenoxy) is 3. The molecule has 2 amide bonds. The number of carbonyl (C=O) groups excluding carboxylic acids is 2. The second kappa shape index (κ2) is 10.0. The monoisotopic (exact) mass is 623 g/mol. The van der Waals surface area contributed by atoms with Gasteiger partial charge in [-0.1, -0.05) is 0 Å². The molecule has 3 rings (SSSR count). The SMILES string of the molecule is CC(C)(C)OC(=O)N1[C@H]2CN(C(=O)OCc3ccccc3)[C@@H]([CH2][Hg])C[C@H]2OC1(C)C.O. The Bertz CT molecular complexity index is 767. The number of hydrogen-bond acceptors (Lipinski definition) is 5. The number of fused-ring (bicyclic) bond motifs is 1. The molecule has 2 saturated heterocycles. The van der Waals surface area contributed by atoms with E-state index in [1.54, 1.807) is 9.80 Å². The van der Waals surface area contributed by atoms with Gasteiger partial charge in [-0.25, -0.2) is 0 Å². The van der Waals surface area contributed by atoms with Gasteiger partial charge in [-0.15, -0.1) is 0 Å². The van der Waals surface area contributed by atoms with Crippen molar-refractivity contribution in [1.82, 2.24) is 9.80 Å². The summed E-state index contributed by atoms with van der Waals surface area (Å²) in [5.41, 5.74) is -0.441. The molecule has 0 bridgehead atoms. The Kier molecular flexibility index (Phi) is 8.38. The number of benzene rings is 1. The van der Waals surface area contributed by atoms with Gasteiger partial charge >= 0.3 is 195 Å². The molecule has 9 heteroatoms. The summed E-state index contributed by atoms with van der Waals surface area (Å²) in [6.07, 6.45) is -0.149. The summed E-state index contributed by atoms with van der Waals surface area (Å²) in [6.45, 7) is 9.93. The zero-order chi connectivity index (χ0) is 22.1. The molecule has 31 heavy (non-hydrogen) atoms. The largest absolute Gasteiger partial charge is 0.412 e. The van der Waals surface area contributed by atoms with Crippen LogP contribution in [0.5, 0.6) is 0 Å². The number of nitrogens with zero attached hydrogens (tertiary/aromatic N) is 2. The van der Waals surface area contributed by atoms with Gasteiger partial charge in [0.1, 0.15) is 0 Å². The minimum absolute atomic E-state index is 0. The van der Waals surface area contributed by atoms with Crippen LogP contribution in [0.15, 0.2) is 30.3 Å². The van der Waals surface area contributed by atoms with Crippen LogP contribution < -0.4 is 0 Å². The van der Waals surface area contributed by atoms with Crippen LogP contribution in [-0.2, 0) is 46.9 Å². The van der Waals surface area contributed by atoms with E-state index in [1.165, 1.54) is 0 Å². The number of hydrogen-bond donors (Lipinski definition) is 0. The van der Waals surface area contributed by atoms with Crippen LogP contribution in [-0.4, -0.2) is 63.5 Å². The molecule has 3 atom stereocenters. The van der Waals surface area contributed by atoms with Crippen LogP contribution in [0.2, 0.25) is 3.93 Å². The Labute approximate surface area is 200 Å². The fourth-order valence-electron chi connectivity index (χ4n) is 4.19. The maximum atomic E-state index is 13.0. The third-order valence-electron chi connectivity index (χ3n) is 5.47. The van der Waals surface area contributed by atoms with E-state index in [9.17, 15) is 9.59 Å². The predicted octanol–water partition coefficient (Wildman–Crippen LogP) is 3.28. The van der Waals surface area contributed by atoms with Crippen LogP contribution >= 0.6 is 0 Å². The normalized spacial score (nSPS) is 24.8. The quantitative estimate of drug-likeness (QED) is 0.483. The van der Waals surface area contributed by atoms with E-state index >= 15 is 0 Å². The summed E-state index contributed by atoms with van der Waals surface area (Å²) in [6, 6.07) is 9.49. The molecule has 2 heterocycles. The molecular formula is C22H33HgN2O6. The van der Waals surface area contributed by atoms with Gasteiger partial charge in [-0.05, 0) is 0 Å². The zero-order valence-corrected chi connectivity index (χ0v) is 24.6. The maximum absolute atomic E-state index is 13.0. The number of piperidine rings is 1. The Morgan fingerprint density at radius 2 is 1.84 bits per heavy atom. The minimum Gasteiger partial charge on any atom is -0.412 e. The van der Waals surface area contributed by atoms with Gasteiger partial charge in [-0.2, -0.15) is 0 Å². The van der Waals surface area contributed by atoms with E-state index in [1.807, 2.05) is 65.0 Å². The number of rotatable bonds is 3. The molecule has 8 nitrogen and oxygen atoms in total. The van der Waals surface area contributed by atoms with E-state index in [-0.39, 0.29) is 36.4 Å². The fraction of sp³-hybridized carbons (Fsp3) is 0.636. The summed E-state index contributed by atoms with van der Waals surface area (Å²) in [4.78, 5) is 29.4. The van der Waals surface area contributed by atoms with Crippen LogP contribution in [0.1, 0.15) is 46.6 Å². The smallest absolute Gasteiger partial charge is 0.412 e. The molecule has 2 aliphatic heterocycles. The fourth-order valence-corrected chi connectivity index (χ4v) is 6.32. The van der Waals surface area contributed by atoms with Crippen LogP contribution in [0.25, 0.3) is 0 Å². The summed E-state index contributed by atoms with van der Waals surface area (Å²) in [5.74, 6) is 0. The first-order valence-electron chi connectivity index (χ1n) is 10.5. The number of amides is 2. The molecule has 169 valence electrons. The maximum Gasteiger partial charge on any atom is -0.412 e. The van der Waals surface area contributed by atoms with E-state index < -0.39 is 17.4 Å². The molecule has 0 saturated carbocycles. The second-order valence-corrected chi connectivity index (χ2v) is 11.6. The Hall–Kier alpha value is -1.38. The molecule has 0 aliphatic carbocycles. The first kappa shape index (κ1) is 25.9. The summed E-state index contributed by atoms with van der Waals surface area (Å²) in [5, 5.41) is 0. The first-order chi connectivity index (χ1) is 14.0. The van der Waals surface area contributed by atoms with Crippen molar-refractivity contribution >= 4 is 12.2 Å². The van der Waals surface area contributed by atoms with Gasteiger partial charge in [0.05, 0.1) is 0 Å². The van der Waals surface area contributed by atoms with Crippen molar-refractivity contribution in [2.45, 2.75) is 81.1 Å². The molecular weight excluding hydrogens is 589 g/mol. The molecule has 1 aromatic carbocycles. The summed E-state index contributed by atoms with van der Waals surface area (Å²) >= 11 is 0.530. The molecule has 0 aromatic heterocycles. The van der Waals surface area contributed by atoms with E-state index in [0.717, 1.165) is 9.49 Å². The molecule has 0 unspecified atom stereocenters. The Morgan fingerprint density at radius 1 is 1.19 bits per heavy atom. The van der Waals surface area contributed by atoms with Gasteiger partial charge in [-0.3, -0.25) is 0 Å². The van der Waals surface area contributed by atoms with Crippen molar-refractivity contribution in [2.24, 2.45) is 0 Å². The van der Waals surface area contributed by atoms with Crippen LogP contribution in [0.3, 0.4) is 0 Å². The molecule has 1 aromatic rings. The van der Waals surface area contributed by atoms with Crippen molar-refractivity contribution in [2.75, 3.05) is 6.54 Å². The van der Waals surface area contributed by atoms with Crippen LogP contribution in [0.4, 0.5) is 9.59 Å². The van der Waals surface area contributed by atoms with Gasteiger partial charge in [0.2, 0.25) is 0 Å². The molecule has 0 radical (unpaired) electrons. The van der Waals surface area contributed by atoms with Gasteiger partial charge < -0.3 is 5.48 Å². The second-order valence-electron chi connectivity index (χ2n) is 9.39. The molecule has 2 N–H and O–H groups in total. The van der Waals surface area contributed by atoms with E-state index in [0.29, 0.717) is 39.1 Å². The minimum atomic E-state index is -0.790. The third-order valence-corrected chi connectivity index (χ3v) is 8.06. The average Bonchev–Trinajstić information content (AvgIpc) is 2.93. The Balaban J connectivity index is 0.00000341. The van der Waals surface area contributed by atoms with Crippen molar-refractivity contribution < 1.29 is 55.4 Å². The first-order valence-corrected chi connectivity index (χ1v) is 14.4. The molecule has 0 spiro atoms. The van der Waals surface area contributed by atoms with Crippen LogP contribution in [0, 0.1) is 0 Å². The van der Waals surface area contributed by atoms with Crippen molar-refractivity contribution in [3.8, 4) is 0 Å². The summed E-state index contributed by atoms with van der Waals surface area (Å²) < 4.78 is 18.5.